The monoisotopic (exact) mass is 220 g/mol. The Bertz CT molecular complexity index is 500. The first kappa shape index (κ1) is 10.3. The van der Waals surface area contributed by atoms with Crippen molar-refractivity contribution in [2.24, 2.45) is 7.05 Å². The molecule has 0 atom stereocenters. The minimum Gasteiger partial charge on any atom is -0.344 e. The van der Waals surface area contributed by atoms with E-state index in [0.29, 0.717) is 12.4 Å². The molecule has 0 fully saturated rings. The molecule has 2 N–H and O–H groups in total. The highest BCUT2D eigenvalue weighted by Crippen LogP contribution is 1.96. The van der Waals surface area contributed by atoms with Gasteiger partial charge >= 0.3 is 0 Å². The predicted octanol–water partition coefficient (Wildman–Crippen LogP) is -0.223. The number of carbonyl (C=O) groups excluding carboxylic acids is 1. The number of nitrogens with one attached hydrogen (secondary N) is 2. The second-order valence-electron chi connectivity index (χ2n) is 3.37. The van der Waals surface area contributed by atoms with Crippen molar-refractivity contribution < 1.29 is 4.79 Å². The fourth-order valence-electron chi connectivity index (χ4n) is 1.27. The van der Waals surface area contributed by atoms with Crippen molar-refractivity contribution in [1.82, 2.24) is 30.3 Å². The van der Waals surface area contributed by atoms with Gasteiger partial charge < -0.3 is 5.32 Å². The number of aryl methyl sites for hydroxylation is 2. The third-order valence-corrected chi connectivity index (χ3v) is 2.15. The number of hydrogen-bond acceptors (Lipinski definition) is 4. The maximum Gasteiger partial charge on any atom is 0.291 e. The van der Waals surface area contributed by atoms with E-state index in [0.717, 1.165) is 5.69 Å². The summed E-state index contributed by atoms with van der Waals surface area (Å²) in [6, 6.07) is 1.84. The summed E-state index contributed by atoms with van der Waals surface area (Å²) >= 11 is 0. The second kappa shape index (κ2) is 4.13. The van der Waals surface area contributed by atoms with Gasteiger partial charge in [0.1, 0.15) is 5.82 Å². The highest BCUT2D eigenvalue weighted by Gasteiger charge is 2.10. The Balaban J connectivity index is 1.96. The minimum atomic E-state index is -0.300. The molecule has 0 aliphatic heterocycles. The molecule has 0 radical (unpaired) electrons. The SMILES string of the molecule is Cc1nc(C(=O)NCc2ccnn2C)n[nH]1. The van der Waals surface area contributed by atoms with E-state index >= 15 is 0 Å². The molecule has 2 rings (SSSR count). The topological polar surface area (TPSA) is 88.5 Å². The van der Waals surface area contributed by atoms with E-state index in [9.17, 15) is 4.79 Å². The van der Waals surface area contributed by atoms with E-state index in [1.54, 1.807) is 17.8 Å². The lowest BCUT2D eigenvalue weighted by atomic mass is 10.4. The van der Waals surface area contributed by atoms with Crippen LogP contribution in [0.3, 0.4) is 0 Å². The molecule has 2 aromatic heterocycles. The number of carbonyl (C=O) groups is 1. The number of rotatable bonds is 3. The second-order valence-corrected chi connectivity index (χ2v) is 3.37. The van der Waals surface area contributed by atoms with Crippen LogP contribution in [0.2, 0.25) is 0 Å². The number of H-pyrrole nitrogens is 1. The third kappa shape index (κ3) is 2.08. The summed E-state index contributed by atoms with van der Waals surface area (Å²) in [6.07, 6.45) is 1.68. The summed E-state index contributed by atoms with van der Waals surface area (Å²) in [5.41, 5.74) is 0.917. The van der Waals surface area contributed by atoms with Crippen molar-refractivity contribution >= 4 is 5.91 Å². The molecule has 16 heavy (non-hydrogen) atoms. The predicted molar refractivity (Wildman–Crippen MR) is 55.5 cm³/mol. The minimum absolute atomic E-state index is 0.152. The van der Waals surface area contributed by atoms with Crippen LogP contribution >= 0.6 is 0 Å². The van der Waals surface area contributed by atoms with Crippen LogP contribution in [0.4, 0.5) is 0 Å². The molecule has 0 aliphatic rings. The van der Waals surface area contributed by atoms with E-state index in [2.05, 4.69) is 25.6 Å². The average molecular weight is 220 g/mol. The van der Waals surface area contributed by atoms with Gasteiger partial charge in [0.25, 0.3) is 5.91 Å². The van der Waals surface area contributed by atoms with E-state index in [-0.39, 0.29) is 11.7 Å². The van der Waals surface area contributed by atoms with Crippen molar-refractivity contribution in [3.05, 3.63) is 29.6 Å². The maximum atomic E-state index is 11.6. The fraction of sp³-hybridized carbons (Fsp3) is 0.333. The van der Waals surface area contributed by atoms with Crippen molar-refractivity contribution in [3.8, 4) is 0 Å². The Morgan fingerprint density at radius 3 is 3.00 bits per heavy atom. The van der Waals surface area contributed by atoms with Crippen LogP contribution in [0.1, 0.15) is 22.1 Å². The van der Waals surface area contributed by atoms with Gasteiger partial charge in [0.05, 0.1) is 12.2 Å². The van der Waals surface area contributed by atoms with E-state index < -0.39 is 0 Å². The summed E-state index contributed by atoms with van der Waals surface area (Å²) in [5.74, 6) is 0.468. The lowest BCUT2D eigenvalue weighted by Gasteiger charge is -2.02. The van der Waals surface area contributed by atoms with Crippen LogP contribution in [0.15, 0.2) is 12.3 Å². The zero-order valence-corrected chi connectivity index (χ0v) is 9.06. The Labute approximate surface area is 91.9 Å². The number of aromatic amines is 1. The van der Waals surface area contributed by atoms with Crippen molar-refractivity contribution in [2.45, 2.75) is 13.5 Å². The molecule has 1 amide bonds. The number of nitrogens with zero attached hydrogens (tertiary/aromatic N) is 4. The summed E-state index contributed by atoms with van der Waals surface area (Å²) in [4.78, 5) is 15.5. The Hall–Kier alpha value is -2.18. The Kier molecular flexibility index (Phi) is 2.67. The molecule has 0 aliphatic carbocycles. The van der Waals surface area contributed by atoms with E-state index in [4.69, 9.17) is 0 Å². The summed E-state index contributed by atoms with van der Waals surface area (Å²) in [6.45, 7) is 2.15. The normalized spacial score (nSPS) is 10.4. The van der Waals surface area contributed by atoms with Gasteiger partial charge in [0.2, 0.25) is 5.82 Å². The molecule has 2 aromatic rings. The van der Waals surface area contributed by atoms with Crippen molar-refractivity contribution in [2.75, 3.05) is 0 Å². The van der Waals surface area contributed by atoms with E-state index in [1.165, 1.54) is 0 Å². The Morgan fingerprint density at radius 1 is 1.62 bits per heavy atom. The zero-order valence-electron chi connectivity index (χ0n) is 9.06. The van der Waals surface area contributed by atoms with Crippen LogP contribution in [0.25, 0.3) is 0 Å². The van der Waals surface area contributed by atoms with Gasteiger partial charge in [-0.15, -0.1) is 5.10 Å². The highest BCUT2D eigenvalue weighted by atomic mass is 16.2. The summed E-state index contributed by atoms with van der Waals surface area (Å²) < 4.78 is 1.70. The highest BCUT2D eigenvalue weighted by molar-refractivity contribution is 5.90. The Morgan fingerprint density at radius 2 is 2.44 bits per heavy atom. The van der Waals surface area contributed by atoms with Crippen molar-refractivity contribution in [1.29, 1.82) is 0 Å². The number of aromatic nitrogens is 5. The van der Waals surface area contributed by atoms with Crippen molar-refractivity contribution in [3.63, 3.8) is 0 Å². The fourth-order valence-corrected chi connectivity index (χ4v) is 1.27. The molecule has 0 bridgehead atoms. The van der Waals surface area contributed by atoms with Gasteiger partial charge in [-0.25, -0.2) is 4.98 Å². The smallest absolute Gasteiger partial charge is 0.291 e. The summed E-state index contributed by atoms with van der Waals surface area (Å²) in [7, 11) is 1.82. The van der Waals surface area contributed by atoms with Gasteiger partial charge in [-0.2, -0.15) is 5.10 Å². The van der Waals surface area contributed by atoms with Crippen LogP contribution in [0.5, 0.6) is 0 Å². The van der Waals surface area contributed by atoms with Gasteiger partial charge in [-0.3, -0.25) is 14.6 Å². The lowest BCUT2D eigenvalue weighted by molar-refractivity contribution is 0.0940. The molecule has 0 spiro atoms. The maximum absolute atomic E-state index is 11.6. The molecular weight excluding hydrogens is 208 g/mol. The van der Waals surface area contributed by atoms with Crippen LogP contribution in [-0.4, -0.2) is 30.9 Å². The molecule has 7 nitrogen and oxygen atoms in total. The molecular formula is C9H12N6O. The number of hydrogen-bond donors (Lipinski definition) is 2. The molecule has 0 saturated heterocycles. The van der Waals surface area contributed by atoms with Gasteiger partial charge in [-0.1, -0.05) is 0 Å². The van der Waals surface area contributed by atoms with Crippen LogP contribution in [-0.2, 0) is 13.6 Å². The van der Waals surface area contributed by atoms with Gasteiger partial charge in [0.15, 0.2) is 0 Å². The zero-order chi connectivity index (χ0) is 11.5. The van der Waals surface area contributed by atoms with E-state index in [1.807, 2.05) is 13.1 Å². The quantitative estimate of drug-likeness (QED) is 0.748. The molecule has 0 saturated carbocycles. The summed E-state index contributed by atoms with van der Waals surface area (Å²) in [5, 5.41) is 13.1. The molecule has 2 heterocycles. The first-order valence-corrected chi connectivity index (χ1v) is 4.81. The first-order chi connectivity index (χ1) is 7.66. The average Bonchev–Trinajstić information content (AvgIpc) is 2.84. The largest absolute Gasteiger partial charge is 0.344 e. The van der Waals surface area contributed by atoms with Gasteiger partial charge in [-0.05, 0) is 13.0 Å². The molecule has 84 valence electrons. The first-order valence-electron chi connectivity index (χ1n) is 4.81. The van der Waals surface area contributed by atoms with Gasteiger partial charge in [0, 0.05) is 13.2 Å². The molecule has 7 heteroatoms. The number of amides is 1. The van der Waals surface area contributed by atoms with Crippen LogP contribution < -0.4 is 5.32 Å². The third-order valence-electron chi connectivity index (χ3n) is 2.15. The van der Waals surface area contributed by atoms with Crippen LogP contribution in [0, 0.1) is 6.92 Å². The molecule has 0 unspecified atom stereocenters. The molecule has 0 aromatic carbocycles. The lowest BCUT2D eigenvalue weighted by Crippen LogP contribution is -2.25. The standard InChI is InChI=1S/C9H12N6O/c1-6-12-8(14-13-6)9(16)10-5-7-3-4-11-15(7)2/h3-4H,5H2,1-2H3,(H,10,16)(H,12,13,14).